The number of guanidine groups is 1. The van der Waals surface area contributed by atoms with E-state index in [0.717, 1.165) is 38.4 Å². The van der Waals surface area contributed by atoms with Gasteiger partial charge in [-0.05, 0) is 45.1 Å². The van der Waals surface area contributed by atoms with E-state index >= 15 is 0 Å². The fourth-order valence-electron chi connectivity index (χ4n) is 3.33. The lowest BCUT2D eigenvalue weighted by Crippen LogP contribution is -2.47. The molecule has 2 heterocycles. The molecule has 2 rings (SSSR count). The zero-order chi connectivity index (χ0) is 19.4. The number of nitrogens with one attached hydrogen (secondary N) is 2. The van der Waals surface area contributed by atoms with Gasteiger partial charge in [-0.1, -0.05) is 0 Å². The first-order valence-corrected chi connectivity index (χ1v) is 11.0. The highest BCUT2D eigenvalue weighted by atomic mass is 127. The van der Waals surface area contributed by atoms with Crippen LogP contribution in [0.1, 0.15) is 32.8 Å². The number of sulfonamides is 1. The molecule has 0 amide bonds. The van der Waals surface area contributed by atoms with Gasteiger partial charge in [0.05, 0.1) is 19.0 Å². The Labute approximate surface area is 180 Å². The van der Waals surface area contributed by atoms with E-state index in [9.17, 15) is 8.42 Å². The van der Waals surface area contributed by atoms with Crippen molar-refractivity contribution < 1.29 is 8.42 Å². The number of aliphatic imine (C=N–C) groups is 1. The second kappa shape index (κ2) is 10.1. The SMILES string of the molecule is CCNC(=NCC(C)(C)NS(C)(=O)=O)N1CCC(Cc2cnn(C)c2)C1.I. The van der Waals surface area contributed by atoms with Crippen LogP contribution in [0.4, 0.5) is 0 Å². The first-order chi connectivity index (χ1) is 12.1. The van der Waals surface area contributed by atoms with Crippen LogP contribution in [0.2, 0.25) is 0 Å². The third-order valence-corrected chi connectivity index (χ3v) is 5.21. The molecule has 0 saturated carbocycles. The summed E-state index contributed by atoms with van der Waals surface area (Å²) in [6.45, 7) is 8.79. The molecule has 0 bridgehead atoms. The van der Waals surface area contributed by atoms with Gasteiger partial charge in [0, 0.05) is 38.4 Å². The molecule has 0 radical (unpaired) electrons. The van der Waals surface area contributed by atoms with Crippen LogP contribution in [0.3, 0.4) is 0 Å². The summed E-state index contributed by atoms with van der Waals surface area (Å²) in [5.41, 5.74) is 0.642. The molecule has 2 N–H and O–H groups in total. The van der Waals surface area contributed by atoms with Crippen LogP contribution in [0.25, 0.3) is 0 Å². The zero-order valence-corrected chi connectivity index (χ0v) is 20.0. The molecule has 27 heavy (non-hydrogen) atoms. The molecule has 1 aliphatic rings. The van der Waals surface area contributed by atoms with Crippen molar-refractivity contribution in [1.29, 1.82) is 0 Å². The van der Waals surface area contributed by atoms with Crippen LogP contribution >= 0.6 is 24.0 Å². The van der Waals surface area contributed by atoms with E-state index in [2.05, 4.69) is 31.2 Å². The predicted octanol–water partition coefficient (Wildman–Crippen LogP) is 1.20. The number of aryl methyl sites for hydroxylation is 1. The summed E-state index contributed by atoms with van der Waals surface area (Å²) >= 11 is 0. The van der Waals surface area contributed by atoms with E-state index in [4.69, 9.17) is 0 Å². The van der Waals surface area contributed by atoms with Crippen LogP contribution in [-0.2, 0) is 23.5 Å². The number of halogens is 1. The Morgan fingerprint density at radius 2 is 2.15 bits per heavy atom. The third kappa shape index (κ3) is 8.34. The minimum Gasteiger partial charge on any atom is -0.357 e. The molecule has 1 unspecified atom stereocenters. The van der Waals surface area contributed by atoms with Gasteiger partial charge in [-0.2, -0.15) is 5.10 Å². The molecular weight excluding hydrogens is 479 g/mol. The average Bonchev–Trinajstić information content (AvgIpc) is 3.11. The first kappa shape index (κ1) is 24.2. The van der Waals surface area contributed by atoms with Gasteiger partial charge in [0.25, 0.3) is 0 Å². The van der Waals surface area contributed by atoms with Crippen molar-refractivity contribution in [2.24, 2.45) is 18.0 Å². The number of aromatic nitrogens is 2. The van der Waals surface area contributed by atoms with Gasteiger partial charge in [-0.15, -0.1) is 24.0 Å². The van der Waals surface area contributed by atoms with Crippen LogP contribution in [0.5, 0.6) is 0 Å². The molecule has 1 saturated heterocycles. The van der Waals surface area contributed by atoms with Crippen LogP contribution < -0.4 is 10.0 Å². The molecular formula is C17H33IN6O2S. The topological polar surface area (TPSA) is 91.6 Å². The normalized spacial score (nSPS) is 18.5. The maximum atomic E-state index is 11.5. The van der Waals surface area contributed by atoms with Gasteiger partial charge in [-0.25, -0.2) is 13.1 Å². The lowest BCUT2D eigenvalue weighted by molar-refractivity contribution is 0.440. The van der Waals surface area contributed by atoms with Crippen molar-refractivity contribution in [2.45, 2.75) is 39.2 Å². The quantitative estimate of drug-likeness (QED) is 0.326. The monoisotopic (exact) mass is 512 g/mol. The van der Waals surface area contributed by atoms with Crippen molar-refractivity contribution in [1.82, 2.24) is 24.7 Å². The second-order valence-corrected chi connectivity index (χ2v) is 9.50. The lowest BCUT2D eigenvalue weighted by atomic mass is 10.0. The summed E-state index contributed by atoms with van der Waals surface area (Å²) in [4.78, 5) is 6.95. The lowest BCUT2D eigenvalue weighted by Gasteiger charge is -2.26. The maximum Gasteiger partial charge on any atom is 0.209 e. The van der Waals surface area contributed by atoms with Crippen molar-refractivity contribution in [3.63, 3.8) is 0 Å². The number of hydrogen-bond donors (Lipinski definition) is 2. The van der Waals surface area contributed by atoms with E-state index in [1.54, 1.807) is 0 Å². The van der Waals surface area contributed by atoms with Gasteiger partial charge in [0.2, 0.25) is 10.0 Å². The van der Waals surface area contributed by atoms with E-state index < -0.39 is 15.6 Å². The van der Waals surface area contributed by atoms with Crippen molar-refractivity contribution in [3.8, 4) is 0 Å². The minimum absolute atomic E-state index is 0. The molecule has 0 aromatic carbocycles. The fraction of sp³-hybridized carbons (Fsp3) is 0.765. The Balaban J connectivity index is 0.00000364. The maximum absolute atomic E-state index is 11.5. The zero-order valence-electron chi connectivity index (χ0n) is 16.9. The molecule has 0 spiro atoms. The minimum atomic E-state index is -3.26. The average molecular weight is 512 g/mol. The smallest absolute Gasteiger partial charge is 0.209 e. The summed E-state index contributed by atoms with van der Waals surface area (Å²) in [6, 6.07) is 0. The Kier molecular flexibility index (Phi) is 9.00. The van der Waals surface area contributed by atoms with Crippen LogP contribution in [0, 0.1) is 5.92 Å². The molecule has 1 aromatic rings. The second-order valence-electron chi connectivity index (χ2n) is 7.76. The Morgan fingerprint density at radius 1 is 1.44 bits per heavy atom. The summed E-state index contributed by atoms with van der Waals surface area (Å²) in [5, 5.41) is 7.57. The molecule has 10 heteroatoms. The Hall–Kier alpha value is -0.880. The fourth-order valence-corrected chi connectivity index (χ4v) is 4.40. The Morgan fingerprint density at radius 3 is 2.70 bits per heavy atom. The number of nitrogens with zero attached hydrogens (tertiary/aromatic N) is 4. The Bertz CT molecular complexity index is 732. The van der Waals surface area contributed by atoms with Gasteiger partial charge in [0.15, 0.2) is 5.96 Å². The van der Waals surface area contributed by atoms with Gasteiger partial charge in [0.1, 0.15) is 0 Å². The van der Waals surface area contributed by atoms with E-state index in [-0.39, 0.29) is 24.0 Å². The molecule has 8 nitrogen and oxygen atoms in total. The summed E-state index contributed by atoms with van der Waals surface area (Å²) in [7, 11) is -1.33. The largest absolute Gasteiger partial charge is 0.357 e. The highest BCUT2D eigenvalue weighted by Gasteiger charge is 2.27. The molecule has 1 fully saturated rings. The predicted molar refractivity (Wildman–Crippen MR) is 120 cm³/mol. The number of rotatable bonds is 7. The van der Waals surface area contributed by atoms with Gasteiger partial charge >= 0.3 is 0 Å². The van der Waals surface area contributed by atoms with Gasteiger partial charge in [-0.3, -0.25) is 9.67 Å². The highest BCUT2D eigenvalue weighted by molar-refractivity contribution is 14.0. The van der Waals surface area contributed by atoms with Gasteiger partial charge < -0.3 is 10.2 Å². The van der Waals surface area contributed by atoms with Crippen LogP contribution in [0.15, 0.2) is 17.4 Å². The van der Waals surface area contributed by atoms with E-state index in [0.29, 0.717) is 12.5 Å². The molecule has 1 atom stereocenters. The number of likely N-dealkylation sites (tertiary alicyclic amines) is 1. The molecule has 1 aliphatic heterocycles. The number of hydrogen-bond acceptors (Lipinski definition) is 4. The molecule has 1 aromatic heterocycles. The first-order valence-electron chi connectivity index (χ1n) is 9.08. The third-order valence-electron chi connectivity index (χ3n) is 4.29. The van der Waals surface area contributed by atoms with E-state index in [1.807, 2.05) is 38.7 Å². The molecule has 0 aliphatic carbocycles. The molecule has 156 valence electrons. The highest BCUT2D eigenvalue weighted by Crippen LogP contribution is 2.21. The summed E-state index contributed by atoms with van der Waals surface area (Å²) < 4.78 is 27.5. The van der Waals surface area contributed by atoms with Crippen LogP contribution in [-0.4, -0.2) is 67.0 Å². The van der Waals surface area contributed by atoms with Crippen molar-refractivity contribution >= 4 is 40.0 Å². The summed E-state index contributed by atoms with van der Waals surface area (Å²) in [5.74, 6) is 1.43. The van der Waals surface area contributed by atoms with Crippen molar-refractivity contribution in [2.75, 3.05) is 32.4 Å². The summed E-state index contributed by atoms with van der Waals surface area (Å²) in [6.07, 6.45) is 7.31. The van der Waals surface area contributed by atoms with E-state index in [1.165, 1.54) is 11.8 Å². The van der Waals surface area contributed by atoms with Crippen molar-refractivity contribution in [3.05, 3.63) is 18.0 Å². The standard InChI is InChI=1S/C17H32N6O2S.HI/c1-6-18-16(19-13-17(2,3)21-26(5,24)25)23-8-7-14(12-23)9-15-10-20-22(4)11-15;/h10-11,14,21H,6-9,12-13H2,1-5H3,(H,18,19);1H.